The zero-order valence-corrected chi connectivity index (χ0v) is 14.0. The molecule has 2 unspecified atom stereocenters. The van der Waals surface area contributed by atoms with Crippen molar-refractivity contribution >= 4 is 5.91 Å². The average Bonchev–Trinajstić information content (AvgIpc) is 2.81. The van der Waals surface area contributed by atoms with E-state index in [1.165, 1.54) is 0 Å². The van der Waals surface area contributed by atoms with Crippen molar-refractivity contribution in [3.8, 4) is 5.75 Å². The third kappa shape index (κ3) is 3.80. The molecule has 2 rings (SSSR count). The molecule has 1 aromatic rings. The van der Waals surface area contributed by atoms with Gasteiger partial charge in [-0.2, -0.15) is 0 Å². The fourth-order valence-corrected chi connectivity index (χ4v) is 3.22. The van der Waals surface area contributed by atoms with E-state index in [9.17, 15) is 4.79 Å². The third-order valence-corrected chi connectivity index (χ3v) is 4.09. The largest absolute Gasteiger partial charge is 0.484 e. The van der Waals surface area contributed by atoms with E-state index in [1.807, 2.05) is 42.2 Å². The lowest BCUT2D eigenvalue weighted by Gasteiger charge is -2.37. The van der Waals surface area contributed by atoms with Gasteiger partial charge in [0.15, 0.2) is 6.61 Å². The van der Waals surface area contributed by atoms with E-state index in [4.69, 9.17) is 9.47 Å². The van der Waals surface area contributed by atoms with Crippen LogP contribution in [0.4, 0.5) is 0 Å². The smallest absolute Gasteiger partial charge is 0.263 e. The van der Waals surface area contributed by atoms with E-state index in [0.29, 0.717) is 12.5 Å². The molecule has 2 atom stereocenters. The normalized spacial score (nSPS) is 24.8. The molecule has 0 bridgehead atoms. The van der Waals surface area contributed by atoms with E-state index < -0.39 is 5.72 Å². The van der Waals surface area contributed by atoms with Gasteiger partial charge >= 0.3 is 0 Å². The maximum absolute atomic E-state index is 12.7. The number of carbonyl (C=O) groups excluding carboxylic acids is 1. The summed E-state index contributed by atoms with van der Waals surface area (Å²) in [5.74, 6) is 1.18. The summed E-state index contributed by atoms with van der Waals surface area (Å²) in [7, 11) is 0. The van der Waals surface area contributed by atoms with Gasteiger partial charge in [-0.25, -0.2) is 0 Å². The predicted molar refractivity (Wildman–Crippen MR) is 86.7 cm³/mol. The summed E-state index contributed by atoms with van der Waals surface area (Å²) < 4.78 is 11.6. The highest BCUT2D eigenvalue weighted by Gasteiger charge is 2.46. The minimum absolute atomic E-state index is 0.00338. The van der Waals surface area contributed by atoms with Crippen molar-refractivity contribution in [1.82, 2.24) is 4.90 Å². The number of benzene rings is 1. The van der Waals surface area contributed by atoms with Gasteiger partial charge < -0.3 is 14.4 Å². The first-order chi connectivity index (χ1) is 10.5. The first kappa shape index (κ1) is 16.8. The van der Waals surface area contributed by atoms with Gasteiger partial charge in [0.05, 0.1) is 12.6 Å². The monoisotopic (exact) mass is 305 g/mol. The molecule has 0 aromatic heterocycles. The highest BCUT2D eigenvalue weighted by Crippen LogP contribution is 2.34. The highest BCUT2D eigenvalue weighted by molar-refractivity contribution is 5.79. The van der Waals surface area contributed by atoms with E-state index >= 15 is 0 Å². The molecule has 0 saturated carbocycles. The van der Waals surface area contributed by atoms with Gasteiger partial charge in [0.1, 0.15) is 11.5 Å². The Balaban J connectivity index is 2.06. The fraction of sp³-hybridized carbons (Fsp3) is 0.611. The minimum Gasteiger partial charge on any atom is -0.484 e. The predicted octanol–water partition coefficient (Wildman–Crippen LogP) is 3.47. The first-order valence-corrected chi connectivity index (χ1v) is 8.10. The Morgan fingerprint density at radius 1 is 1.41 bits per heavy atom. The van der Waals surface area contributed by atoms with Crippen LogP contribution in [0.5, 0.6) is 5.75 Å². The van der Waals surface area contributed by atoms with Gasteiger partial charge in [0.25, 0.3) is 5.91 Å². The van der Waals surface area contributed by atoms with Crippen LogP contribution in [0.1, 0.15) is 40.5 Å². The molecule has 1 saturated heterocycles. The molecule has 1 aliphatic heterocycles. The molecule has 22 heavy (non-hydrogen) atoms. The van der Waals surface area contributed by atoms with Crippen LogP contribution in [-0.2, 0) is 9.53 Å². The van der Waals surface area contributed by atoms with Gasteiger partial charge in [-0.3, -0.25) is 4.79 Å². The lowest BCUT2D eigenvalue weighted by Crippen LogP contribution is -2.51. The van der Waals surface area contributed by atoms with Crippen LogP contribution in [0.15, 0.2) is 30.3 Å². The van der Waals surface area contributed by atoms with Crippen LogP contribution in [0.3, 0.4) is 0 Å². The number of nitrogens with zero attached hydrogens (tertiary/aromatic N) is 1. The maximum atomic E-state index is 12.7. The second-order valence-electron chi connectivity index (χ2n) is 6.51. The number of hydrogen-bond donors (Lipinski definition) is 0. The molecule has 4 heteroatoms. The molecule has 1 amide bonds. The summed E-state index contributed by atoms with van der Waals surface area (Å²) in [5.41, 5.74) is -0.522. The Kier molecular flexibility index (Phi) is 5.46. The number of ether oxygens (including phenoxy) is 2. The molecule has 4 nitrogen and oxygen atoms in total. The van der Waals surface area contributed by atoms with Crippen molar-refractivity contribution in [2.75, 3.05) is 13.2 Å². The zero-order chi connectivity index (χ0) is 16.2. The van der Waals surface area contributed by atoms with Crippen molar-refractivity contribution in [3.05, 3.63) is 30.3 Å². The van der Waals surface area contributed by atoms with Crippen molar-refractivity contribution in [1.29, 1.82) is 0 Å². The third-order valence-electron chi connectivity index (χ3n) is 4.09. The zero-order valence-electron chi connectivity index (χ0n) is 14.0. The van der Waals surface area contributed by atoms with Crippen LogP contribution in [0.2, 0.25) is 0 Å². The SMILES string of the molecule is CCC1COC(C)(CC(C)C)N1C(=O)COc1ccccc1. The number of hydrogen-bond acceptors (Lipinski definition) is 3. The summed E-state index contributed by atoms with van der Waals surface area (Å²) in [5, 5.41) is 0. The second kappa shape index (κ2) is 7.14. The van der Waals surface area contributed by atoms with E-state index in [0.717, 1.165) is 18.6 Å². The first-order valence-electron chi connectivity index (χ1n) is 8.10. The molecule has 1 heterocycles. The van der Waals surface area contributed by atoms with Crippen LogP contribution < -0.4 is 4.74 Å². The minimum atomic E-state index is -0.522. The highest BCUT2D eigenvalue weighted by atomic mass is 16.5. The number of amides is 1. The van der Waals surface area contributed by atoms with Crippen molar-refractivity contribution in [2.45, 2.75) is 52.3 Å². The van der Waals surface area contributed by atoms with Gasteiger partial charge in [-0.15, -0.1) is 0 Å². The average molecular weight is 305 g/mol. The summed E-state index contributed by atoms with van der Waals surface area (Å²) >= 11 is 0. The fourth-order valence-electron chi connectivity index (χ4n) is 3.22. The molecule has 0 aliphatic carbocycles. The van der Waals surface area contributed by atoms with Crippen molar-refractivity contribution in [2.24, 2.45) is 5.92 Å². The second-order valence-corrected chi connectivity index (χ2v) is 6.51. The molecule has 1 aromatic carbocycles. The van der Waals surface area contributed by atoms with E-state index in [-0.39, 0.29) is 18.6 Å². The van der Waals surface area contributed by atoms with Gasteiger partial charge in [0.2, 0.25) is 0 Å². The molecule has 1 aliphatic rings. The molecular weight excluding hydrogens is 278 g/mol. The number of carbonyl (C=O) groups is 1. The maximum Gasteiger partial charge on any atom is 0.263 e. The number of rotatable bonds is 6. The molecule has 122 valence electrons. The Bertz CT molecular complexity index is 488. The standard InChI is InChI=1S/C18H27NO3/c1-5-15-12-22-18(4,11-14(2)3)19(15)17(20)13-21-16-9-7-6-8-10-16/h6-10,14-15H,5,11-13H2,1-4H3. The quantitative estimate of drug-likeness (QED) is 0.808. The van der Waals surface area contributed by atoms with E-state index in [2.05, 4.69) is 20.8 Å². The topological polar surface area (TPSA) is 38.8 Å². The summed E-state index contributed by atoms with van der Waals surface area (Å²) in [6.45, 7) is 9.07. The van der Waals surface area contributed by atoms with E-state index in [1.54, 1.807) is 0 Å². The molecular formula is C18H27NO3. The Hall–Kier alpha value is -1.55. The van der Waals surface area contributed by atoms with Crippen LogP contribution in [0.25, 0.3) is 0 Å². The molecule has 1 fully saturated rings. The lowest BCUT2D eigenvalue weighted by molar-refractivity contribution is -0.153. The Labute approximate surface area is 133 Å². The molecule has 0 spiro atoms. The van der Waals surface area contributed by atoms with Crippen molar-refractivity contribution < 1.29 is 14.3 Å². The van der Waals surface area contributed by atoms with Crippen LogP contribution >= 0.6 is 0 Å². The summed E-state index contributed by atoms with van der Waals surface area (Å²) in [6.07, 6.45) is 1.73. The summed E-state index contributed by atoms with van der Waals surface area (Å²) in [4.78, 5) is 14.6. The van der Waals surface area contributed by atoms with Gasteiger partial charge in [0, 0.05) is 0 Å². The van der Waals surface area contributed by atoms with Crippen molar-refractivity contribution in [3.63, 3.8) is 0 Å². The van der Waals surface area contributed by atoms with Gasteiger partial charge in [-0.05, 0) is 37.8 Å². The van der Waals surface area contributed by atoms with Crippen LogP contribution in [0, 0.1) is 5.92 Å². The molecule has 0 N–H and O–H groups in total. The molecule has 0 radical (unpaired) electrons. The summed E-state index contributed by atoms with van der Waals surface area (Å²) in [6, 6.07) is 9.58. The van der Waals surface area contributed by atoms with Crippen LogP contribution in [-0.4, -0.2) is 35.8 Å². The Morgan fingerprint density at radius 3 is 2.68 bits per heavy atom. The number of para-hydroxylation sites is 1. The lowest BCUT2D eigenvalue weighted by atomic mass is 9.99. The Morgan fingerprint density at radius 2 is 2.09 bits per heavy atom. The van der Waals surface area contributed by atoms with Gasteiger partial charge in [-0.1, -0.05) is 39.0 Å².